The van der Waals surface area contributed by atoms with Crippen LogP contribution in [0, 0.1) is 12.7 Å². The van der Waals surface area contributed by atoms with Gasteiger partial charge in [-0.15, -0.1) is 11.8 Å². The molecule has 1 aromatic heterocycles. The molecule has 4 nitrogen and oxygen atoms in total. The number of rotatable bonds is 5. The second-order valence-corrected chi connectivity index (χ2v) is 9.51. The lowest BCUT2D eigenvalue weighted by molar-refractivity contribution is -0.131. The van der Waals surface area contributed by atoms with Crippen LogP contribution in [-0.4, -0.2) is 47.7 Å². The molecule has 0 radical (unpaired) electrons. The quantitative estimate of drug-likeness (QED) is 0.500. The van der Waals surface area contributed by atoms with Crippen molar-refractivity contribution >= 4 is 56.0 Å². The van der Waals surface area contributed by atoms with Crippen molar-refractivity contribution in [3.05, 3.63) is 52.8 Å². The molecule has 0 atom stereocenters. The van der Waals surface area contributed by atoms with Crippen LogP contribution < -0.4 is 4.90 Å². The van der Waals surface area contributed by atoms with Gasteiger partial charge in [0.1, 0.15) is 5.82 Å². The van der Waals surface area contributed by atoms with E-state index in [4.69, 9.17) is 16.6 Å². The molecular weight excluding hydrogens is 429 g/mol. The Bertz CT molecular complexity index is 978. The molecule has 1 saturated heterocycles. The lowest BCUT2D eigenvalue weighted by atomic mass is 10.2. The van der Waals surface area contributed by atoms with Crippen LogP contribution in [0.4, 0.5) is 9.52 Å². The number of fused-ring (bicyclic) bond motifs is 1. The zero-order valence-corrected chi connectivity index (χ0v) is 18.4. The van der Waals surface area contributed by atoms with Gasteiger partial charge in [0, 0.05) is 43.2 Å². The van der Waals surface area contributed by atoms with Gasteiger partial charge in [-0.05, 0) is 42.8 Å². The van der Waals surface area contributed by atoms with E-state index >= 15 is 0 Å². The molecule has 0 spiro atoms. The Morgan fingerprint density at radius 2 is 1.90 bits per heavy atom. The van der Waals surface area contributed by atoms with Gasteiger partial charge in [0.2, 0.25) is 5.91 Å². The molecular formula is C21H21ClFN3OS2. The van der Waals surface area contributed by atoms with Crippen molar-refractivity contribution in [2.75, 3.05) is 36.8 Å². The van der Waals surface area contributed by atoms with E-state index in [0.29, 0.717) is 25.3 Å². The van der Waals surface area contributed by atoms with Crippen LogP contribution in [-0.2, 0) is 4.79 Å². The third-order valence-corrected chi connectivity index (χ3v) is 7.58. The highest BCUT2D eigenvalue weighted by Gasteiger charge is 2.23. The van der Waals surface area contributed by atoms with Crippen LogP contribution in [0.25, 0.3) is 10.2 Å². The summed E-state index contributed by atoms with van der Waals surface area (Å²) in [5.41, 5.74) is 2.09. The Hall–Kier alpha value is -1.83. The highest BCUT2D eigenvalue weighted by Crippen LogP contribution is 2.35. The van der Waals surface area contributed by atoms with Crippen LogP contribution in [0.5, 0.6) is 0 Å². The predicted octanol–water partition coefficient (Wildman–Crippen LogP) is 5.23. The Balaban J connectivity index is 1.30. The maximum Gasteiger partial charge on any atom is 0.223 e. The Labute approximate surface area is 182 Å². The summed E-state index contributed by atoms with van der Waals surface area (Å²) >= 11 is 9.52. The first kappa shape index (κ1) is 20.4. The van der Waals surface area contributed by atoms with E-state index in [0.717, 1.165) is 43.9 Å². The number of anilines is 1. The number of thiazole rings is 1. The molecule has 0 unspecified atom stereocenters. The topological polar surface area (TPSA) is 36.4 Å². The molecule has 4 rings (SSSR count). The third kappa shape index (κ3) is 4.68. The number of thioether (sulfide) groups is 1. The van der Waals surface area contributed by atoms with E-state index in [1.807, 2.05) is 24.0 Å². The van der Waals surface area contributed by atoms with Crippen molar-refractivity contribution in [1.29, 1.82) is 0 Å². The smallest absolute Gasteiger partial charge is 0.223 e. The molecule has 0 bridgehead atoms. The minimum absolute atomic E-state index is 0.169. The summed E-state index contributed by atoms with van der Waals surface area (Å²) in [6, 6.07) is 10.3. The average molecular weight is 450 g/mol. The van der Waals surface area contributed by atoms with Crippen molar-refractivity contribution < 1.29 is 9.18 Å². The normalized spacial score (nSPS) is 14.6. The maximum absolute atomic E-state index is 12.9. The summed E-state index contributed by atoms with van der Waals surface area (Å²) < 4.78 is 14.0. The number of aryl methyl sites for hydroxylation is 1. The monoisotopic (exact) mass is 449 g/mol. The zero-order chi connectivity index (χ0) is 20.4. The minimum atomic E-state index is -0.242. The fourth-order valence-corrected chi connectivity index (χ4v) is 5.53. The number of halogens is 2. The number of hydrogen-bond donors (Lipinski definition) is 0. The largest absolute Gasteiger partial charge is 0.345 e. The molecule has 1 amide bonds. The van der Waals surface area contributed by atoms with Gasteiger partial charge in [0.15, 0.2) is 5.13 Å². The third-order valence-electron chi connectivity index (χ3n) is 4.99. The maximum atomic E-state index is 12.9. The number of aromatic nitrogens is 1. The summed E-state index contributed by atoms with van der Waals surface area (Å²) in [4.78, 5) is 22.4. The number of carbonyl (C=O) groups is 1. The molecule has 8 heteroatoms. The number of nitrogens with zero attached hydrogens (tertiary/aromatic N) is 3. The van der Waals surface area contributed by atoms with Gasteiger partial charge in [-0.3, -0.25) is 4.79 Å². The van der Waals surface area contributed by atoms with E-state index in [9.17, 15) is 9.18 Å². The highest BCUT2D eigenvalue weighted by molar-refractivity contribution is 7.99. The Kier molecular flexibility index (Phi) is 6.27. The Morgan fingerprint density at radius 3 is 2.59 bits per heavy atom. The van der Waals surface area contributed by atoms with Gasteiger partial charge >= 0.3 is 0 Å². The summed E-state index contributed by atoms with van der Waals surface area (Å²) in [6.07, 6.45) is 0.484. The molecule has 1 fully saturated rings. The van der Waals surface area contributed by atoms with E-state index in [1.54, 1.807) is 35.2 Å². The molecule has 1 aliphatic rings. The van der Waals surface area contributed by atoms with Gasteiger partial charge in [0.25, 0.3) is 0 Å². The molecule has 152 valence electrons. The highest BCUT2D eigenvalue weighted by atomic mass is 35.5. The van der Waals surface area contributed by atoms with Crippen molar-refractivity contribution in [3.63, 3.8) is 0 Å². The predicted molar refractivity (Wildman–Crippen MR) is 120 cm³/mol. The van der Waals surface area contributed by atoms with Gasteiger partial charge in [-0.2, -0.15) is 0 Å². The van der Waals surface area contributed by atoms with Gasteiger partial charge in [0.05, 0.1) is 15.2 Å². The fourth-order valence-electron chi connectivity index (χ4n) is 3.32. The molecule has 0 saturated carbocycles. The van der Waals surface area contributed by atoms with E-state index in [1.165, 1.54) is 12.1 Å². The minimum Gasteiger partial charge on any atom is -0.345 e. The van der Waals surface area contributed by atoms with Crippen LogP contribution in [0.1, 0.15) is 12.0 Å². The summed E-state index contributed by atoms with van der Waals surface area (Å²) in [5, 5.41) is 1.71. The van der Waals surface area contributed by atoms with E-state index in [-0.39, 0.29) is 11.7 Å². The number of amides is 1. The summed E-state index contributed by atoms with van der Waals surface area (Å²) in [6.45, 7) is 4.98. The van der Waals surface area contributed by atoms with Crippen molar-refractivity contribution in [1.82, 2.24) is 9.88 Å². The van der Waals surface area contributed by atoms with Gasteiger partial charge in [-0.1, -0.05) is 29.0 Å². The SMILES string of the molecule is Cc1ccc(Cl)c2sc(N3CCN(C(=O)CCSc4ccc(F)cc4)CC3)nc12. The molecule has 2 heterocycles. The van der Waals surface area contributed by atoms with Crippen LogP contribution in [0.15, 0.2) is 41.3 Å². The molecule has 2 aromatic carbocycles. The van der Waals surface area contributed by atoms with Crippen LogP contribution in [0.2, 0.25) is 5.02 Å². The first-order valence-electron chi connectivity index (χ1n) is 9.48. The van der Waals surface area contributed by atoms with Gasteiger partial charge in [-0.25, -0.2) is 9.37 Å². The van der Waals surface area contributed by atoms with E-state index < -0.39 is 0 Å². The van der Waals surface area contributed by atoms with Crippen molar-refractivity contribution in [2.24, 2.45) is 0 Å². The zero-order valence-electron chi connectivity index (χ0n) is 16.0. The average Bonchev–Trinajstić information content (AvgIpc) is 3.19. The van der Waals surface area contributed by atoms with E-state index in [2.05, 4.69) is 4.90 Å². The van der Waals surface area contributed by atoms with Crippen molar-refractivity contribution in [3.8, 4) is 0 Å². The first-order valence-corrected chi connectivity index (χ1v) is 11.7. The molecule has 29 heavy (non-hydrogen) atoms. The second kappa shape index (κ2) is 8.90. The second-order valence-electron chi connectivity index (χ2n) is 6.96. The number of piperazine rings is 1. The fraction of sp³-hybridized carbons (Fsp3) is 0.333. The first-order chi connectivity index (χ1) is 14.0. The molecule has 0 N–H and O–H groups in total. The van der Waals surface area contributed by atoms with Gasteiger partial charge < -0.3 is 9.80 Å². The van der Waals surface area contributed by atoms with Crippen LogP contribution >= 0.6 is 34.7 Å². The van der Waals surface area contributed by atoms with Crippen LogP contribution in [0.3, 0.4) is 0 Å². The Morgan fingerprint density at radius 1 is 1.17 bits per heavy atom. The lowest BCUT2D eigenvalue weighted by Gasteiger charge is -2.34. The number of hydrogen-bond acceptors (Lipinski definition) is 5. The summed E-state index contributed by atoms with van der Waals surface area (Å²) in [5.74, 6) is 0.622. The van der Waals surface area contributed by atoms with Crippen molar-refractivity contribution in [2.45, 2.75) is 18.2 Å². The molecule has 0 aliphatic carbocycles. The molecule has 1 aliphatic heterocycles. The number of carbonyl (C=O) groups excluding carboxylic acids is 1. The standard InChI is InChI=1S/C21H21ClFN3OS2/c1-14-2-7-17(22)20-19(14)24-21(29-20)26-11-9-25(10-12-26)18(27)8-13-28-16-5-3-15(23)4-6-16/h2-7H,8-13H2,1H3. The lowest BCUT2D eigenvalue weighted by Crippen LogP contribution is -2.48. The summed E-state index contributed by atoms with van der Waals surface area (Å²) in [7, 11) is 0. The molecule has 3 aromatic rings. The number of benzene rings is 2.